The average molecular weight is 381 g/mol. The third kappa shape index (κ3) is 2.17. The van der Waals surface area contributed by atoms with Crippen molar-refractivity contribution >= 4 is 16.8 Å². The van der Waals surface area contributed by atoms with Gasteiger partial charge in [-0.15, -0.1) is 0 Å². The zero-order valence-corrected chi connectivity index (χ0v) is 14.0. The summed E-state index contributed by atoms with van der Waals surface area (Å²) in [6, 6.07) is 11.3. The summed E-state index contributed by atoms with van der Waals surface area (Å²) in [5.41, 5.74) is 1.24. The fraction of sp³-hybridized carbons (Fsp3) is 0.0500. The van der Waals surface area contributed by atoms with Gasteiger partial charge in [-0.2, -0.15) is 13.2 Å². The first-order valence-electron chi connectivity index (χ1n) is 8.32. The highest BCUT2D eigenvalue weighted by atomic mass is 19.4. The van der Waals surface area contributed by atoms with Crippen molar-refractivity contribution in [3.8, 4) is 22.4 Å². The van der Waals surface area contributed by atoms with Crippen molar-refractivity contribution in [1.29, 1.82) is 0 Å². The van der Waals surface area contributed by atoms with E-state index >= 15 is 0 Å². The summed E-state index contributed by atoms with van der Waals surface area (Å²) < 4.78 is 38.8. The number of ketones is 1. The molecule has 5 rings (SSSR count). The molecule has 8 heteroatoms. The maximum atomic E-state index is 13.0. The first kappa shape index (κ1) is 16.5. The Morgan fingerprint density at radius 1 is 0.821 bits per heavy atom. The van der Waals surface area contributed by atoms with E-state index in [1.165, 1.54) is 12.1 Å². The van der Waals surface area contributed by atoms with E-state index in [0.29, 0.717) is 22.4 Å². The molecule has 4 aromatic rings. The van der Waals surface area contributed by atoms with Gasteiger partial charge >= 0.3 is 6.18 Å². The molecule has 0 fully saturated rings. The Morgan fingerprint density at radius 2 is 1.50 bits per heavy atom. The van der Waals surface area contributed by atoms with Crippen molar-refractivity contribution in [2.24, 2.45) is 0 Å². The van der Waals surface area contributed by atoms with Crippen LogP contribution in [-0.4, -0.2) is 21.0 Å². The van der Waals surface area contributed by atoms with E-state index in [-0.39, 0.29) is 27.9 Å². The fourth-order valence-electron chi connectivity index (χ4n) is 3.63. The number of aromatic nitrogens is 3. The van der Waals surface area contributed by atoms with E-state index in [0.717, 1.165) is 12.1 Å². The summed E-state index contributed by atoms with van der Waals surface area (Å²) in [5.74, 6) is -0.310. The molecule has 2 aromatic carbocycles. The monoisotopic (exact) mass is 381 g/mol. The lowest BCUT2D eigenvalue weighted by Gasteiger charge is -2.11. The van der Waals surface area contributed by atoms with E-state index in [1.54, 1.807) is 24.3 Å². The molecule has 2 heterocycles. The van der Waals surface area contributed by atoms with Gasteiger partial charge in [0.15, 0.2) is 11.4 Å². The van der Waals surface area contributed by atoms with Gasteiger partial charge in [0.2, 0.25) is 0 Å². The quantitative estimate of drug-likeness (QED) is 0.458. The van der Waals surface area contributed by atoms with Crippen molar-refractivity contribution in [2.45, 2.75) is 6.18 Å². The first-order chi connectivity index (χ1) is 13.4. The number of hydrogen-bond donors (Lipinski definition) is 2. The molecule has 2 aromatic heterocycles. The van der Waals surface area contributed by atoms with Crippen molar-refractivity contribution in [1.82, 2.24) is 15.2 Å². The largest absolute Gasteiger partial charge is 0.416 e. The molecule has 1 aliphatic rings. The topological polar surface area (TPSA) is 78.6 Å². The zero-order chi connectivity index (χ0) is 19.6. The number of fused-ring (bicyclic) bond motifs is 4. The minimum atomic E-state index is -4.48. The third-order valence-electron chi connectivity index (χ3n) is 4.87. The van der Waals surface area contributed by atoms with Gasteiger partial charge in [0, 0.05) is 16.7 Å². The van der Waals surface area contributed by atoms with Gasteiger partial charge in [0.05, 0.1) is 22.2 Å². The molecule has 0 bridgehead atoms. The molecule has 0 amide bonds. The standard InChI is InChI=1S/C20H10F3N3O2/c21-20(22,23)10-7-5-9(6-8-10)13-14-16(24-18-15(13)19(28)26-25-18)11-3-1-2-4-12(11)17(14)27/h1-8H,(H2,24,25,26,28). The molecule has 0 unspecified atom stereocenters. The summed E-state index contributed by atoms with van der Waals surface area (Å²) in [4.78, 5) is 29.8. The smallest absolute Gasteiger partial charge is 0.288 e. The average Bonchev–Trinajstić information content (AvgIpc) is 3.19. The molecule has 0 spiro atoms. The van der Waals surface area contributed by atoms with E-state index in [2.05, 4.69) is 15.2 Å². The number of alkyl halides is 3. The second kappa shape index (κ2) is 5.41. The van der Waals surface area contributed by atoms with Crippen LogP contribution in [0.4, 0.5) is 13.2 Å². The number of halogens is 3. The van der Waals surface area contributed by atoms with Gasteiger partial charge in [-0.3, -0.25) is 19.8 Å². The maximum Gasteiger partial charge on any atom is 0.416 e. The molecule has 0 saturated heterocycles. The molecule has 0 saturated carbocycles. The third-order valence-corrected chi connectivity index (χ3v) is 4.87. The normalized spacial score (nSPS) is 13.0. The molecule has 0 atom stereocenters. The minimum absolute atomic E-state index is 0.139. The number of carbonyl (C=O) groups is 1. The van der Waals surface area contributed by atoms with Crippen LogP contribution in [0.1, 0.15) is 21.5 Å². The zero-order valence-electron chi connectivity index (χ0n) is 14.0. The molecular formula is C20H10F3N3O2. The van der Waals surface area contributed by atoms with Gasteiger partial charge in [-0.05, 0) is 17.7 Å². The highest BCUT2D eigenvalue weighted by molar-refractivity contribution is 6.26. The van der Waals surface area contributed by atoms with Crippen molar-refractivity contribution in [3.63, 3.8) is 0 Å². The number of H-pyrrole nitrogens is 2. The van der Waals surface area contributed by atoms with Gasteiger partial charge in [0.25, 0.3) is 5.56 Å². The second-order valence-electron chi connectivity index (χ2n) is 6.46. The van der Waals surface area contributed by atoms with Crippen LogP contribution in [0.25, 0.3) is 33.4 Å². The molecule has 28 heavy (non-hydrogen) atoms. The minimum Gasteiger partial charge on any atom is -0.288 e. The van der Waals surface area contributed by atoms with Crippen LogP contribution in [0.3, 0.4) is 0 Å². The Labute approximate surface area is 154 Å². The predicted molar refractivity (Wildman–Crippen MR) is 96.0 cm³/mol. The van der Waals surface area contributed by atoms with Crippen LogP contribution in [-0.2, 0) is 6.18 Å². The number of hydrogen-bond acceptors (Lipinski definition) is 3. The number of nitrogens with zero attached hydrogens (tertiary/aromatic N) is 1. The van der Waals surface area contributed by atoms with Crippen LogP contribution in [0.15, 0.2) is 53.3 Å². The summed E-state index contributed by atoms with van der Waals surface area (Å²) in [5, 5.41) is 5.24. The number of rotatable bonds is 1. The van der Waals surface area contributed by atoms with E-state index < -0.39 is 17.3 Å². The van der Waals surface area contributed by atoms with Crippen LogP contribution in [0, 0.1) is 0 Å². The first-order valence-corrected chi connectivity index (χ1v) is 8.32. The van der Waals surface area contributed by atoms with Crippen molar-refractivity contribution in [2.75, 3.05) is 0 Å². The Hall–Kier alpha value is -3.68. The van der Waals surface area contributed by atoms with Gasteiger partial charge in [-0.1, -0.05) is 36.4 Å². The van der Waals surface area contributed by atoms with Gasteiger partial charge in [0.1, 0.15) is 0 Å². The molecule has 2 N–H and O–H groups in total. The number of carbonyl (C=O) groups excluding carboxylic acids is 1. The Balaban J connectivity index is 1.86. The number of benzene rings is 2. The van der Waals surface area contributed by atoms with Crippen molar-refractivity contribution < 1.29 is 18.0 Å². The van der Waals surface area contributed by atoms with Crippen LogP contribution in [0.5, 0.6) is 0 Å². The van der Waals surface area contributed by atoms with Gasteiger partial charge in [-0.25, -0.2) is 4.98 Å². The van der Waals surface area contributed by atoms with Crippen molar-refractivity contribution in [3.05, 3.63) is 75.6 Å². The fourth-order valence-corrected chi connectivity index (χ4v) is 3.63. The lowest BCUT2D eigenvalue weighted by Crippen LogP contribution is -2.07. The van der Waals surface area contributed by atoms with Crippen LogP contribution >= 0.6 is 0 Å². The Kier molecular flexibility index (Phi) is 3.19. The SMILES string of the molecule is O=C1c2ccccc2-c2nc3[nH][nH]c(=O)c3c(-c3ccc(C(F)(F)F)cc3)c21. The number of nitrogens with one attached hydrogen (secondary N) is 2. The Bertz CT molecular complexity index is 1330. The summed E-state index contributed by atoms with van der Waals surface area (Å²) in [6.45, 7) is 0. The molecule has 1 aliphatic carbocycles. The lowest BCUT2D eigenvalue weighted by molar-refractivity contribution is -0.137. The molecule has 5 nitrogen and oxygen atoms in total. The second-order valence-corrected chi connectivity index (χ2v) is 6.46. The van der Waals surface area contributed by atoms with Crippen LogP contribution < -0.4 is 5.56 Å². The Morgan fingerprint density at radius 3 is 2.18 bits per heavy atom. The summed E-state index contributed by atoms with van der Waals surface area (Å²) in [6.07, 6.45) is -4.48. The summed E-state index contributed by atoms with van der Waals surface area (Å²) in [7, 11) is 0. The predicted octanol–water partition coefficient (Wildman–Crippen LogP) is 4.15. The maximum absolute atomic E-state index is 13.0. The molecule has 138 valence electrons. The lowest BCUT2D eigenvalue weighted by atomic mass is 9.94. The number of pyridine rings is 1. The number of aromatic amines is 2. The summed E-state index contributed by atoms with van der Waals surface area (Å²) >= 11 is 0. The van der Waals surface area contributed by atoms with Crippen LogP contribution in [0.2, 0.25) is 0 Å². The van der Waals surface area contributed by atoms with Gasteiger partial charge < -0.3 is 0 Å². The van der Waals surface area contributed by atoms with E-state index in [4.69, 9.17) is 0 Å². The molecule has 0 aliphatic heterocycles. The molecule has 0 radical (unpaired) electrons. The van der Waals surface area contributed by atoms with E-state index in [9.17, 15) is 22.8 Å². The highest BCUT2D eigenvalue weighted by Gasteiger charge is 2.34. The van der Waals surface area contributed by atoms with E-state index in [1.807, 2.05) is 0 Å². The highest BCUT2D eigenvalue weighted by Crippen LogP contribution is 2.43. The molecular weight excluding hydrogens is 371 g/mol.